The molecule has 3 N–H and O–H groups in total. The van der Waals surface area contributed by atoms with Crippen molar-refractivity contribution in [2.45, 2.75) is 32.5 Å². The summed E-state index contributed by atoms with van der Waals surface area (Å²) in [5.41, 5.74) is 2.16. The number of hydrogen-bond acceptors (Lipinski definition) is 3. The number of rotatable bonds is 9. The summed E-state index contributed by atoms with van der Waals surface area (Å²) in [6.45, 7) is 4.69. The highest BCUT2D eigenvalue weighted by molar-refractivity contribution is 14.0. The Hall–Kier alpha value is -2.39. The summed E-state index contributed by atoms with van der Waals surface area (Å²) >= 11 is 0. The van der Waals surface area contributed by atoms with Crippen molar-refractivity contribution in [3.05, 3.63) is 90.0 Å². The van der Waals surface area contributed by atoms with Crippen molar-refractivity contribution in [3.63, 3.8) is 0 Å². The van der Waals surface area contributed by atoms with Gasteiger partial charge in [-0.15, -0.1) is 24.0 Å². The molecule has 0 aliphatic carbocycles. The SMILES string of the molecule is CCNC(=NCc1nccn1Cc1ccccc1)NCCC(O)c1ccccc1.I. The van der Waals surface area contributed by atoms with E-state index in [9.17, 15) is 5.11 Å². The molecule has 30 heavy (non-hydrogen) atoms. The van der Waals surface area contributed by atoms with Crippen LogP contribution in [0, 0.1) is 0 Å². The number of benzene rings is 2. The van der Waals surface area contributed by atoms with E-state index in [0.29, 0.717) is 19.5 Å². The summed E-state index contributed by atoms with van der Waals surface area (Å²) in [4.78, 5) is 9.11. The first-order valence-electron chi connectivity index (χ1n) is 10.1. The third kappa shape index (κ3) is 7.46. The molecule has 0 saturated heterocycles. The molecule has 0 aliphatic rings. The molecular formula is C23H30IN5O. The van der Waals surface area contributed by atoms with Crippen molar-refractivity contribution >= 4 is 29.9 Å². The first kappa shape index (κ1) is 23.9. The van der Waals surface area contributed by atoms with E-state index in [4.69, 9.17) is 0 Å². The molecule has 3 rings (SSSR count). The Morgan fingerprint density at radius 1 is 1.07 bits per heavy atom. The molecule has 0 spiro atoms. The third-order valence-corrected chi connectivity index (χ3v) is 4.61. The number of hydrogen-bond donors (Lipinski definition) is 3. The van der Waals surface area contributed by atoms with Gasteiger partial charge in [0.15, 0.2) is 5.96 Å². The van der Waals surface area contributed by atoms with Crippen molar-refractivity contribution < 1.29 is 5.11 Å². The molecule has 0 aliphatic heterocycles. The maximum absolute atomic E-state index is 10.3. The molecule has 7 heteroatoms. The van der Waals surface area contributed by atoms with Gasteiger partial charge in [-0.05, 0) is 24.5 Å². The van der Waals surface area contributed by atoms with Gasteiger partial charge in [0.1, 0.15) is 12.4 Å². The van der Waals surface area contributed by atoms with Gasteiger partial charge in [-0.3, -0.25) is 0 Å². The number of aliphatic hydroxyl groups is 1. The molecule has 160 valence electrons. The van der Waals surface area contributed by atoms with Gasteiger partial charge in [-0.25, -0.2) is 9.98 Å². The molecule has 0 radical (unpaired) electrons. The predicted molar refractivity (Wildman–Crippen MR) is 132 cm³/mol. The number of halogens is 1. The van der Waals surface area contributed by atoms with Crippen molar-refractivity contribution in [2.24, 2.45) is 4.99 Å². The van der Waals surface area contributed by atoms with Gasteiger partial charge in [0, 0.05) is 32.0 Å². The second-order valence-corrected chi connectivity index (χ2v) is 6.79. The first-order valence-corrected chi connectivity index (χ1v) is 10.1. The lowest BCUT2D eigenvalue weighted by atomic mass is 10.1. The van der Waals surface area contributed by atoms with Crippen molar-refractivity contribution in [2.75, 3.05) is 13.1 Å². The summed E-state index contributed by atoms with van der Waals surface area (Å²) in [6, 6.07) is 20.0. The van der Waals surface area contributed by atoms with E-state index in [1.807, 2.05) is 67.8 Å². The molecule has 0 saturated carbocycles. The smallest absolute Gasteiger partial charge is 0.191 e. The Bertz CT molecular complexity index is 883. The maximum Gasteiger partial charge on any atom is 0.191 e. The quantitative estimate of drug-likeness (QED) is 0.229. The number of aliphatic imine (C=N–C) groups is 1. The lowest BCUT2D eigenvalue weighted by Gasteiger charge is -2.14. The van der Waals surface area contributed by atoms with Gasteiger partial charge in [0.25, 0.3) is 0 Å². The van der Waals surface area contributed by atoms with Crippen LogP contribution in [0.3, 0.4) is 0 Å². The first-order chi connectivity index (χ1) is 14.3. The molecule has 0 bridgehead atoms. The van der Waals surface area contributed by atoms with Gasteiger partial charge in [0.05, 0.1) is 6.10 Å². The molecule has 0 fully saturated rings. The number of nitrogens with zero attached hydrogens (tertiary/aromatic N) is 3. The average molecular weight is 519 g/mol. The minimum atomic E-state index is -0.489. The maximum atomic E-state index is 10.3. The highest BCUT2D eigenvalue weighted by atomic mass is 127. The standard InChI is InChI=1S/C23H29N5O.HI/c1-2-24-23(26-14-13-21(29)20-11-7-4-8-12-20)27-17-22-25-15-16-28(22)18-19-9-5-3-6-10-19;/h3-12,15-16,21,29H,2,13-14,17-18H2,1H3,(H2,24,26,27);1H. The molecule has 1 atom stereocenters. The summed E-state index contributed by atoms with van der Waals surface area (Å²) in [7, 11) is 0. The highest BCUT2D eigenvalue weighted by Crippen LogP contribution is 2.14. The molecule has 6 nitrogen and oxygen atoms in total. The van der Waals surface area contributed by atoms with Crippen LogP contribution in [-0.4, -0.2) is 33.7 Å². The van der Waals surface area contributed by atoms with E-state index in [-0.39, 0.29) is 24.0 Å². The van der Waals surface area contributed by atoms with Crippen LogP contribution in [0.2, 0.25) is 0 Å². The summed E-state index contributed by atoms with van der Waals surface area (Å²) in [5.74, 6) is 1.64. The lowest BCUT2D eigenvalue weighted by Crippen LogP contribution is -2.38. The van der Waals surface area contributed by atoms with Gasteiger partial charge in [-0.2, -0.15) is 0 Å². The molecule has 3 aromatic rings. The largest absolute Gasteiger partial charge is 0.388 e. The highest BCUT2D eigenvalue weighted by Gasteiger charge is 2.08. The van der Waals surface area contributed by atoms with Gasteiger partial charge >= 0.3 is 0 Å². The number of imidazole rings is 1. The average Bonchev–Trinajstić information content (AvgIpc) is 3.20. The Kier molecular flexibility index (Phi) is 10.4. The van der Waals surface area contributed by atoms with Gasteiger partial charge < -0.3 is 20.3 Å². The lowest BCUT2D eigenvalue weighted by molar-refractivity contribution is 0.168. The summed E-state index contributed by atoms with van der Waals surface area (Å²) in [6.07, 6.45) is 3.91. The molecule has 1 heterocycles. The Labute approximate surface area is 195 Å². The van der Waals surface area contributed by atoms with Crippen molar-refractivity contribution in [3.8, 4) is 0 Å². The summed E-state index contributed by atoms with van der Waals surface area (Å²) in [5, 5.41) is 16.8. The van der Waals surface area contributed by atoms with Crippen LogP contribution < -0.4 is 10.6 Å². The molecule has 0 amide bonds. The zero-order valence-corrected chi connectivity index (χ0v) is 19.6. The van der Waals surface area contributed by atoms with Crippen LogP contribution in [-0.2, 0) is 13.1 Å². The molecule has 1 aromatic heterocycles. The van der Waals surface area contributed by atoms with Crippen LogP contribution >= 0.6 is 24.0 Å². The van der Waals surface area contributed by atoms with Crippen LogP contribution in [0.1, 0.15) is 36.4 Å². The van der Waals surface area contributed by atoms with E-state index in [1.165, 1.54) is 5.56 Å². The van der Waals surface area contributed by atoms with Gasteiger partial charge in [0.2, 0.25) is 0 Å². The van der Waals surface area contributed by atoms with E-state index >= 15 is 0 Å². The van der Waals surface area contributed by atoms with Crippen molar-refractivity contribution in [1.82, 2.24) is 20.2 Å². The number of aliphatic hydroxyl groups excluding tert-OH is 1. The molecule has 1 unspecified atom stereocenters. The number of nitrogens with one attached hydrogen (secondary N) is 2. The zero-order valence-electron chi connectivity index (χ0n) is 17.2. The summed E-state index contributed by atoms with van der Waals surface area (Å²) < 4.78 is 2.11. The Morgan fingerprint density at radius 2 is 1.77 bits per heavy atom. The minimum Gasteiger partial charge on any atom is -0.388 e. The fourth-order valence-electron chi connectivity index (χ4n) is 3.08. The van der Waals surface area contributed by atoms with Crippen LogP contribution in [0.25, 0.3) is 0 Å². The minimum absolute atomic E-state index is 0. The zero-order chi connectivity index (χ0) is 20.3. The molecular weight excluding hydrogens is 489 g/mol. The topological polar surface area (TPSA) is 74.5 Å². The Morgan fingerprint density at radius 3 is 2.47 bits per heavy atom. The number of aromatic nitrogens is 2. The van der Waals surface area contributed by atoms with E-state index in [1.54, 1.807) is 0 Å². The van der Waals surface area contributed by atoms with E-state index < -0.39 is 6.10 Å². The second kappa shape index (κ2) is 13.0. The van der Waals surface area contributed by atoms with Gasteiger partial charge in [-0.1, -0.05) is 60.7 Å². The molecule has 2 aromatic carbocycles. The van der Waals surface area contributed by atoms with E-state index in [2.05, 4.69) is 37.3 Å². The predicted octanol–water partition coefficient (Wildman–Crippen LogP) is 3.73. The van der Waals surface area contributed by atoms with Crippen molar-refractivity contribution in [1.29, 1.82) is 0 Å². The fourth-order valence-corrected chi connectivity index (χ4v) is 3.08. The normalized spacial score (nSPS) is 12.1. The fraction of sp³-hybridized carbons (Fsp3) is 0.304. The number of guanidine groups is 1. The van der Waals surface area contributed by atoms with E-state index in [0.717, 1.165) is 30.4 Å². The van der Waals surface area contributed by atoms with Crippen LogP contribution in [0.15, 0.2) is 78.0 Å². The monoisotopic (exact) mass is 519 g/mol. The van der Waals surface area contributed by atoms with Crippen LogP contribution in [0.4, 0.5) is 0 Å². The second-order valence-electron chi connectivity index (χ2n) is 6.79. The van der Waals surface area contributed by atoms with Crippen LogP contribution in [0.5, 0.6) is 0 Å². The Balaban J connectivity index is 0.00000320. The third-order valence-electron chi connectivity index (χ3n) is 4.61.